The minimum absolute atomic E-state index is 0.703. The average molecular weight is 152 g/mol. The van der Waals surface area contributed by atoms with Crippen LogP contribution < -0.4 is 0 Å². The second-order valence-corrected chi connectivity index (χ2v) is 3.28. The lowest BCUT2D eigenvalue weighted by molar-refractivity contribution is 0.511. The van der Waals surface area contributed by atoms with Gasteiger partial charge in [0.25, 0.3) is 0 Å². The smallest absolute Gasteiger partial charge is 0.0948 e. The highest BCUT2D eigenvalue weighted by molar-refractivity contribution is 4.97. The molecule has 0 bridgehead atoms. The predicted octanol–water partition coefficient (Wildman–Crippen LogP) is 2.10. The molecule has 0 fully saturated rings. The molecule has 1 rings (SSSR count). The molecule has 62 valence electrons. The second kappa shape index (κ2) is 3.56. The third kappa shape index (κ3) is 2.07. The van der Waals surface area contributed by atoms with E-state index in [1.165, 1.54) is 5.69 Å². The SMILES string of the molecule is CCc1cncn1CC(C)C. The van der Waals surface area contributed by atoms with Crippen LogP contribution in [0.3, 0.4) is 0 Å². The summed E-state index contributed by atoms with van der Waals surface area (Å²) in [7, 11) is 0. The van der Waals surface area contributed by atoms with E-state index in [4.69, 9.17) is 0 Å². The monoisotopic (exact) mass is 152 g/mol. The van der Waals surface area contributed by atoms with E-state index in [1.807, 2.05) is 12.5 Å². The number of aryl methyl sites for hydroxylation is 1. The Morgan fingerprint density at radius 3 is 2.82 bits per heavy atom. The summed E-state index contributed by atoms with van der Waals surface area (Å²) in [4.78, 5) is 4.11. The number of imidazole rings is 1. The van der Waals surface area contributed by atoms with E-state index in [0.29, 0.717) is 5.92 Å². The Bertz CT molecular complexity index is 213. The number of hydrogen-bond acceptors (Lipinski definition) is 1. The standard InChI is InChI=1S/C9H16N2/c1-4-9-5-10-7-11(9)6-8(2)3/h5,7-8H,4,6H2,1-3H3. The highest BCUT2D eigenvalue weighted by Crippen LogP contribution is 2.04. The fourth-order valence-corrected chi connectivity index (χ4v) is 1.20. The number of aromatic nitrogens is 2. The van der Waals surface area contributed by atoms with E-state index in [0.717, 1.165) is 13.0 Å². The van der Waals surface area contributed by atoms with E-state index in [9.17, 15) is 0 Å². The van der Waals surface area contributed by atoms with Gasteiger partial charge in [0.1, 0.15) is 0 Å². The minimum Gasteiger partial charge on any atom is -0.334 e. The lowest BCUT2D eigenvalue weighted by atomic mass is 10.2. The molecule has 0 N–H and O–H groups in total. The van der Waals surface area contributed by atoms with Gasteiger partial charge in [-0.15, -0.1) is 0 Å². The fraction of sp³-hybridized carbons (Fsp3) is 0.667. The van der Waals surface area contributed by atoms with Crippen LogP contribution >= 0.6 is 0 Å². The summed E-state index contributed by atoms with van der Waals surface area (Å²) >= 11 is 0. The van der Waals surface area contributed by atoms with Gasteiger partial charge in [-0.25, -0.2) is 4.98 Å². The van der Waals surface area contributed by atoms with Crippen LogP contribution in [0.4, 0.5) is 0 Å². The minimum atomic E-state index is 0.703. The Morgan fingerprint density at radius 2 is 2.27 bits per heavy atom. The van der Waals surface area contributed by atoms with Crippen LogP contribution in [-0.2, 0) is 13.0 Å². The van der Waals surface area contributed by atoms with Gasteiger partial charge in [0.2, 0.25) is 0 Å². The number of hydrogen-bond donors (Lipinski definition) is 0. The molecular weight excluding hydrogens is 136 g/mol. The lowest BCUT2D eigenvalue weighted by Crippen LogP contribution is -2.05. The molecule has 0 aromatic carbocycles. The molecule has 0 spiro atoms. The Hall–Kier alpha value is -0.790. The summed E-state index contributed by atoms with van der Waals surface area (Å²) in [6, 6.07) is 0. The van der Waals surface area contributed by atoms with Crippen molar-refractivity contribution in [2.24, 2.45) is 5.92 Å². The van der Waals surface area contributed by atoms with Crippen LogP contribution in [0.2, 0.25) is 0 Å². The van der Waals surface area contributed by atoms with Crippen molar-refractivity contribution in [3.63, 3.8) is 0 Å². The van der Waals surface area contributed by atoms with Crippen molar-refractivity contribution >= 4 is 0 Å². The molecule has 1 aromatic heterocycles. The molecule has 0 aliphatic carbocycles. The zero-order valence-corrected chi connectivity index (χ0v) is 7.54. The van der Waals surface area contributed by atoms with Crippen molar-refractivity contribution in [1.29, 1.82) is 0 Å². The van der Waals surface area contributed by atoms with E-state index >= 15 is 0 Å². The molecule has 0 saturated heterocycles. The molecule has 2 heteroatoms. The quantitative estimate of drug-likeness (QED) is 0.648. The average Bonchev–Trinajstić information content (AvgIpc) is 2.34. The summed E-state index contributed by atoms with van der Waals surface area (Å²) in [5.74, 6) is 0.703. The van der Waals surface area contributed by atoms with Crippen molar-refractivity contribution in [1.82, 2.24) is 9.55 Å². The maximum absolute atomic E-state index is 4.11. The molecule has 1 aromatic rings. The molecule has 11 heavy (non-hydrogen) atoms. The number of rotatable bonds is 3. The van der Waals surface area contributed by atoms with Gasteiger partial charge < -0.3 is 4.57 Å². The molecule has 0 aliphatic rings. The first-order chi connectivity index (χ1) is 5.24. The molecular formula is C9H16N2. The van der Waals surface area contributed by atoms with Gasteiger partial charge in [-0.05, 0) is 12.3 Å². The Balaban J connectivity index is 2.68. The molecule has 0 amide bonds. The van der Waals surface area contributed by atoms with Crippen molar-refractivity contribution in [2.45, 2.75) is 33.7 Å². The topological polar surface area (TPSA) is 17.8 Å². The van der Waals surface area contributed by atoms with Crippen molar-refractivity contribution in [3.8, 4) is 0 Å². The molecule has 0 radical (unpaired) electrons. The van der Waals surface area contributed by atoms with Crippen LogP contribution in [0.25, 0.3) is 0 Å². The maximum Gasteiger partial charge on any atom is 0.0948 e. The van der Waals surface area contributed by atoms with Crippen molar-refractivity contribution < 1.29 is 0 Å². The normalized spacial score (nSPS) is 10.9. The Kier molecular flexibility index (Phi) is 2.69. The molecule has 0 saturated carbocycles. The van der Waals surface area contributed by atoms with Crippen LogP contribution in [0, 0.1) is 5.92 Å². The largest absolute Gasteiger partial charge is 0.334 e. The summed E-state index contributed by atoms with van der Waals surface area (Å²) in [5, 5.41) is 0. The van der Waals surface area contributed by atoms with E-state index in [2.05, 4.69) is 30.3 Å². The van der Waals surface area contributed by atoms with E-state index < -0.39 is 0 Å². The first-order valence-corrected chi connectivity index (χ1v) is 4.23. The second-order valence-electron chi connectivity index (χ2n) is 3.28. The zero-order chi connectivity index (χ0) is 8.27. The summed E-state index contributed by atoms with van der Waals surface area (Å²) in [5.41, 5.74) is 1.33. The number of nitrogens with zero attached hydrogens (tertiary/aromatic N) is 2. The molecule has 0 atom stereocenters. The zero-order valence-electron chi connectivity index (χ0n) is 7.54. The first-order valence-electron chi connectivity index (χ1n) is 4.23. The van der Waals surface area contributed by atoms with Crippen molar-refractivity contribution in [3.05, 3.63) is 18.2 Å². The van der Waals surface area contributed by atoms with Gasteiger partial charge >= 0.3 is 0 Å². The first kappa shape index (κ1) is 8.31. The van der Waals surface area contributed by atoms with Crippen LogP contribution in [0.15, 0.2) is 12.5 Å². The summed E-state index contributed by atoms with van der Waals surface area (Å²) in [6.07, 6.45) is 4.94. The lowest BCUT2D eigenvalue weighted by Gasteiger charge is -2.08. The maximum atomic E-state index is 4.11. The van der Waals surface area contributed by atoms with Gasteiger partial charge in [-0.1, -0.05) is 20.8 Å². The highest BCUT2D eigenvalue weighted by atomic mass is 15.0. The Labute approximate surface area is 68.3 Å². The van der Waals surface area contributed by atoms with Gasteiger partial charge in [0.15, 0.2) is 0 Å². The van der Waals surface area contributed by atoms with E-state index in [1.54, 1.807) is 0 Å². The van der Waals surface area contributed by atoms with Gasteiger partial charge in [-0.3, -0.25) is 0 Å². The molecule has 0 aliphatic heterocycles. The van der Waals surface area contributed by atoms with Gasteiger partial charge in [0.05, 0.1) is 6.33 Å². The summed E-state index contributed by atoms with van der Waals surface area (Å²) in [6.45, 7) is 7.69. The molecule has 1 heterocycles. The highest BCUT2D eigenvalue weighted by Gasteiger charge is 2.00. The van der Waals surface area contributed by atoms with Gasteiger partial charge in [0, 0.05) is 18.4 Å². The van der Waals surface area contributed by atoms with Crippen LogP contribution in [-0.4, -0.2) is 9.55 Å². The van der Waals surface area contributed by atoms with Gasteiger partial charge in [-0.2, -0.15) is 0 Å². The van der Waals surface area contributed by atoms with E-state index in [-0.39, 0.29) is 0 Å². The molecule has 0 unspecified atom stereocenters. The summed E-state index contributed by atoms with van der Waals surface area (Å²) < 4.78 is 2.23. The third-order valence-corrected chi connectivity index (χ3v) is 1.72. The molecule has 2 nitrogen and oxygen atoms in total. The van der Waals surface area contributed by atoms with Crippen LogP contribution in [0.5, 0.6) is 0 Å². The van der Waals surface area contributed by atoms with Crippen LogP contribution in [0.1, 0.15) is 26.5 Å². The fourth-order valence-electron chi connectivity index (χ4n) is 1.20. The Morgan fingerprint density at radius 1 is 1.55 bits per heavy atom. The van der Waals surface area contributed by atoms with Crippen molar-refractivity contribution in [2.75, 3.05) is 0 Å². The predicted molar refractivity (Wildman–Crippen MR) is 46.4 cm³/mol. The third-order valence-electron chi connectivity index (χ3n) is 1.72.